The number of hydrogen-bond donors (Lipinski definition) is 0. The second kappa shape index (κ2) is 17.0. The molecule has 1 atom stereocenters. The van der Waals surface area contributed by atoms with Crippen molar-refractivity contribution < 1.29 is 19.0 Å². The second-order valence-corrected chi connectivity index (χ2v) is 8.86. The predicted molar refractivity (Wildman–Crippen MR) is 136 cm³/mol. The number of esters is 1. The first kappa shape index (κ1) is 27.8. The highest BCUT2D eigenvalue weighted by Crippen LogP contribution is 2.24. The van der Waals surface area contributed by atoms with Gasteiger partial charge in [-0.1, -0.05) is 102 Å². The number of aromatic nitrogens is 2. The molecule has 2 aromatic rings. The van der Waals surface area contributed by atoms with Gasteiger partial charge in [0, 0.05) is 11.8 Å². The van der Waals surface area contributed by atoms with Crippen LogP contribution in [0.15, 0.2) is 36.5 Å². The molecular weight excluding hydrogens is 428 g/mol. The maximum absolute atomic E-state index is 12.7. The molecule has 1 heterocycles. The number of carbonyl (C=O) groups excluding carboxylic acids is 1. The molecule has 0 saturated carbocycles. The predicted octanol–water partition coefficient (Wildman–Crippen LogP) is 7.23. The molecule has 0 aliphatic carbocycles. The van der Waals surface area contributed by atoms with E-state index >= 15 is 0 Å². The summed E-state index contributed by atoms with van der Waals surface area (Å²) in [6.07, 6.45) is 13.0. The van der Waals surface area contributed by atoms with E-state index in [1.807, 2.05) is 30.3 Å². The van der Waals surface area contributed by atoms with E-state index in [9.17, 15) is 4.79 Å². The third-order valence-electron chi connectivity index (χ3n) is 5.97. The summed E-state index contributed by atoms with van der Waals surface area (Å²) in [5, 5.41) is 0. The number of unbranched alkanes of at least 4 members (excludes halogenated alkanes) is 6. The fourth-order valence-corrected chi connectivity index (χ4v) is 3.58. The van der Waals surface area contributed by atoms with Crippen molar-refractivity contribution in [1.82, 2.24) is 9.97 Å². The van der Waals surface area contributed by atoms with E-state index in [0.29, 0.717) is 24.5 Å². The Morgan fingerprint density at radius 3 is 2.44 bits per heavy atom. The first-order chi connectivity index (χ1) is 16.7. The number of nitrogens with zero attached hydrogens (tertiary/aromatic N) is 2. The highest BCUT2D eigenvalue weighted by Gasteiger charge is 2.18. The maximum Gasteiger partial charge on any atom is 0.344 e. The fraction of sp³-hybridized carbons (Fsp3) is 0.607. The van der Waals surface area contributed by atoms with Gasteiger partial charge in [0.15, 0.2) is 6.79 Å². The molecule has 2 rings (SSSR count). The number of rotatable bonds is 18. The topological polar surface area (TPSA) is 70.5 Å². The minimum atomic E-state index is -0.499. The lowest BCUT2D eigenvalue weighted by Crippen LogP contribution is -2.13. The largest absolute Gasteiger partial charge is 0.463 e. The molecule has 0 fully saturated rings. The summed E-state index contributed by atoms with van der Waals surface area (Å²) in [5.74, 6) is 0.280. The first-order valence-corrected chi connectivity index (χ1v) is 13.0. The SMILES string of the molecule is CCCCCCCOCOC(=O)c1cnc(OCCCCCC(C)CC)nc1-c1ccccc1. The van der Waals surface area contributed by atoms with Crippen LogP contribution in [0.3, 0.4) is 0 Å². The Kier molecular flexibility index (Phi) is 13.9. The highest BCUT2D eigenvalue weighted by atomic mass is 16.7. The van der Waals surface area contributed by atoms with Gasteiger partial charge in [-0.05, 0) is 18.8 Å². The van der Waals surface area contributed by atoms with Crippen LogP contribution in [-0.2, 0) is 9.47 Å². The molecule has 1 aromatic carbocycles. The monoisotopic (exact) mass is 470 g/mol. The van der Waals surface area contributed by atoms with Crippen LogP contribution in [0.5, 0.6) is 6.01 Å². The van der Waals surface area contributed by atoms with Crippen molar-refractivity contribution in [3.63, 3.8) is 0 Å². The lowest BCUT2D eigenvalue weighted by molar-refractivity contribution is -0.0323. The molecule has 1 aromatic heterocycles. The normalized spacial score (nSPS) is 11.9. The summed E-state index contributed by atoms with van der Waals surface area (Å²) in [7, 11) is 0. The fourth-order valence-electron chi connectivity index (χ4n) is 3.58. The van der Waals surface area contributed by atoms with Crippen molar-refractivity contribution in [3.05, 3.63) is 42.1 Å². The van der Waals surface area contributed by atoms with Crippen LogP contribution in [0.1, 0.15) is 95.3 Å². The van der Waals surface area contributed by atoms with Crippen molar-refractivity contribution >= 4 is 5.97 Å². The van der Waals surface area contributed by atoms with E-state index in [2.05, 4.69) is 30.7 Å². The van der Waals surface area contributed by atoms with Crippen LogP contribution >= 0.6 is 0 Å². The lowest BCUT2D eigenvalue weighted by atomic mass is 10.0. The Morgan fingerprint density at radius 1 is 0.941 bits per heavy atom. The van der Waals surface area contributed by atoms with Crippen LogP contribution in [-0.4, -0.2) is 35.9 Å². The van der Waals surface area contributed by atoms with Gasteiger partial charge in [-0.3, -0.25) is 0 Å². The van der Waals surface area contributed by atoms with Gasteiger partial charge >= 0.3 is 12.0 Å². The molecule has 0 amide bonds. The van der Waals surface area contributed by atoms with Gasteiger partial charge in [0.1, 0.15) is 5.56 Å². The Bertz CT molecular complexity index is 813. The minimum Gasteiger partial charge on any atom is -0.463 e. The zero-order chi connectivity index (χ0) is 24.4. The molecule has 0 spiro atoms. The Labute approximate surface area is 205 Å². The summed E-state index contributed by atoms with van der Waals surface area (Å²) in [4.78, 5) is 21.5. The molecule has 34 heavy (non-hydrogen) atoms. The molecule has 0 saturated heterocycles. The zero-order valence-electron chi connectivity index (χ0n) is 21.3. The minimum absolute atomic E-state index is 0.0737. The van der Waals surface area contributed by atoms with Crippen LogP contribution in [0.25, 0.3) is 11.3 Å². The summed E-state index contributed by atoms with van der Waals surface area (Å²) < 4.78 is 16.6. The van der Waals surface area contributed by atoms with Crippen molar-refractivity contribution in [1.29, 1.82) is 0 Å². The van der Waals surface area contributed by atoms with Gasteiger partial charge < -0.3 is 14.2 Å². The van der Waals surface area contributed by atoms with Crippen molar-refractivity contribution in [2.75, 3.05) is 20.0 Å². The van der Waals surface area contributed by atoms with Crippen LogP contribution in [0.4, 0.5) is 0 Å². The van der Waals surface area contributed by atoms with Crippen molar-refractivity contribution in [3.8, 4) is 17.3 Å². The molecule has 0 N–H and O–H groups in total. The van der Waals surface area contributed by atoms with E-state index in [1.54, 1.807) is 0 Å². The molecule has 0 radical (unpaired) electrons. The van der Waals surface area contributed by atoms with E-state index in [0.717, 1.165) is 37.2 Å². The van der Waals surface area contributed by atoms with Gasteiger partial charge in [0.25, 0.3) is 0 Å². The third kappa shape index (κ3) is 10.6. The van der Waals surface area contributed by atoms with Gasteiger partial charge in [-0.15, -0.1) is 0 Å². The quantitative estimate of drug-likeness (QED) is 0.130. The molecule has 0 aliphatic rings. The Balaban J connectivity index is 1.88. The third-order valence-corrected chi connectivity index (χ3v) is 5.97. The van der Waals surface area contributed by atoms with Crippen LogP contribution < -0.4 is 4.74 Å². The Hall–Kier alpha value is -2.47. The first-order valence-electron chi connectivity index (χ1n) is 13.0. The summed E-state index contributed by atoms with van der Waals surface area (Å²) in [6.45, 7) is 7.79. The molecule has 188 valence electrons. The van der Waals surface area contributed by atoms with Gasteiger partial charge in [-0.2, -0.15) is 4.98 Å². The van der Waals surface area contributed by atoms with E-state index in [1.165, 1.54) is 44.7 Å². The molecule has 1 unspecified atom stereocenters. The average molecular weight is 471 g/mol. The Morgan fingerprint density at radius 2 is 1.68 bits per heavy atom. The standard InChI is InChI=1S/C28H42N2O4/c1-4-6-7-8-14-19-32-22-34-27(31)25-21-29-28(30-26(25)24-17-12-9-13-18-24)33-20-15-10-11-16-23(3)5-2/h9,12-13,17-18,21,23H,4-8,10-11,14-16,19-20,22H2,1-3H3. The van der Waals surface area contributed by atoms with E-state index < -0.39 is 5.97 Å². The number of carbonyl (C=O) groups is 1. The second-order valence-electron chi connectivity index (χ2n) is 8.86. The summed E-state index contributed by atoms with van der Waals surface area (Å²) in [5.41, 5.74) is 1.62. The summed E-state index contributed by atoms with van der Waals surface area (Å²) in [6, 6.07) is 9.84. The van der Waals surface area contributed by atoms with Crippen LogP contribution in [0.2, 0.25) is 0 Å². The molecule has 0 bridgehead atoms. The smallest absolute Gasteiger partial charge is 0.344 e. The molecule has 6 heteroatoms. The molecule has 0 aliphatic heterocycles. The molecular formula is C28H42N2O4. The van der Waals surface area contributed by atoms with Gasteiger partial charge in [0.2, 0.25) is 0 Å². The average Bonchev–Trinajstić information content (AvgIpc) is 2.87. The van der Waals surface area contributed by atoms with Crippen molar-refractivity contribution in [2.24, 2.45) is 5.92 Å². The van der Waals surface area contributed by atoms with Gasteiger partial charge in [-0.25, -0.2) is 9.78 Å². The maximum atomic E-state index is 12.7. The number of ether oxygens (including phenoxy) is 3. The van der Waals surface area contributed by atoms with E-state index in [-0.39, 0.29) is 12.8 Å². The highest BCUT2D eigenvalue weighted by molar-refractivity contribution is 5.95. The summed E-state index contributed by atoms with van der Waals surface area (Å²) >= 11 is 0. The zero-order valence-corrected chi connectivity index (χ0v) is 21.3. The van der Waals surface area contributed by atoms with Crippen LogP contribution in [0, 0.1) is 5.92 Å². The number of hydrogen-bond acceptors (Lipinski definition) is 6. The van der Waals surface area contributed by atoms with E-state index in [4.69, 9.17) is 14.2 Å². The molecule has 6 nitrogen and oxygen atoms in total. The van der Waals surface area contributed by atoms with Gasteiger partial charge in [0.05, 0.1) is 18.9 Å². The lowest BCUT2D eigenvalue weighted by Gasteiger charge is -2.12. The van der Waals surface area contributed by atoms with Crippen molar-refractivity contribution in [2.45, 2.75) is 85.0 Å². The number of benzene rings is 1.